The topological polar surface area (TPSA) is 86.1 Å². The highest BCUT2D eigenvalue weighted by atomic mass is 16.5. The number of hydrogen-bond acceptors (Lipinski definition) is 4. The van der Waals surface area contributed by atoms with Gasteiger partial charge in [0.15, 0.2) is 5.76 Å². The van der Waals surface area contributed by atoms with E-state index in [0.29, 0.717) is 23.7 Å². The van der Waals surface area contributed by atoms with Crippen molar-refractivity contribution in [2.24, 2.45) is 0 Å². The Morgan fingerprint density at radius 3 is 3.11 bits per heavy atom. The standard InChI is InChI=1S/C12H16N4O2/c1-2-5-16-8-9(13)6-11(16)12(17)14-7-10-3-4-15-18-10/h3-4,6,8H,2,5,7,13H2,1H3,(H,14,17). The van der Waals surface area contributed by atoms with E-state index < -0.39 is 0 Å². The molecule has 0 fully saturated rings. The zero-order valence-electron chi connectivity index (χ0n) is 10.2. The number of anilines is 1. The molecule has 6 nitrogen and oxygen atoms in total. The SMILES string of the molecule is CCCn1cc(N)cc1C(=O)NCc1ccno1. The van der Waals surface area contributed by atoms with Gasteiger partial charge in [-0.15, -0.1) is 0 Å². The minimum atomic E-state index is -0.170. The molecule has 0 atom stereocenters. The second-order valence-electron chi connectivity index (χ2n) is 4.01. The molecule has 2 heterocycles. The van der Waals surface area contributed by atoms with Crippen LogP contribution in [0.3, 0.4) is 0 Å². The summed E-state index contributed by atoms with van der Waals surface area (Å²) in [6.07, 6.45) is 4.25. The molecule has 0 radical (unpaired) electrons. The van der Waals surface area contributed by atoms with Crippen LogP contribution >= 0.6 is 0 Å². The fourth-order valence-electron chi connectivity index (χ4n) is 1.74. The van der Waals surface area contributed by atoms with Gasteiger partial charge < -0.3 is 20.1 Å². The van der Waals surface area contributed by atoms with Gasteiger partial charge in [-0.3, -0.25) is 4.79 Å². The van der Waals surface area contributed by atoms with E-state index in [1.807, 2.05) is 11.5 Å². The Hall–Kier alpha value is -2.24. The van der Waals surface area contributed by atoms with E-state index in [0.717, 1.165) is 13.0 Å². The molecule has 0 aliphatic carbocycles. The highest BCUT2D eigenvalue weighted by molar-refractivity contribution is 5.93. The molecule has 1 amide bonds. The van der Waals surface area contributed by atoms with Gasteiger partial charge in [-0.2, -0.15) is 0 Å². The second-order valence-corrected chi connectivity index (χ2v) is 4.01. The number of nitrogens with two attached hydrogens (primary N) is 1. The van der Waals surface area contributed by atoms with Crippen molar-refractivity contribution in [2.75, 3.05) is 5.73 Å². The number of carbonyl (C=O) groups is 1. The summed E-state index contributed by atoms with van der Waals surface area (Å²) in [5.41, 5.74) is 6.86. The van der Waals surface area contributed by atoms with E-state index >= 15 is 0 Å². The van der Waals surface area contributed by atoms with Gasteiger partial charge in [-0.05, 0) is 12.5 Å². The quantitative estimate of drug-likeness (QED) is 0.837. The first kappa shape index (κ1) is 12.2. The Morgan fingerprint density at radius 1 is 1.61 bits per heavy atom. The Labute approximate surface area is 105 Å². The Balaban J connectivity index is 2.03. The van der Waals surface area contributed by atoms with Gasteiger partial charge in [0.05, 0.1) is 18.4 Å². The second kappa shape index (κ2) is 5.39. The molecule has 0 bridgehead atoms. The summed E-state index contributed by atoms with van der Waals surface area (Å²) >= 11 is 0. The first-order valence-corrected chi connectivity index (χ1v) is 5.84. The molecule has 2 aromatic rings. The lowest BCUT2D eigenvalue weighted by Gasteiger charge is -2.07. The van der Waals surface area contributed by atoms with Crippen LogP contribution in [0.5, 0.6) is 0 Å². The predicted molar refractivity (Wildman–Crippen MR) is 66.8 cm³/mol. The van der Waals surface area contributed by atoms with Crippen LogP contribution < -0.4 is 11.1 Å². The molecule has 18 heavy (non-hydrogen) atoms. The van der Waals surface area contributed by atoms with E-state index in [9.17, 15) is 4.79 Å². The van der Waals surface area contributed by atoms with Crippen molar-refractivity contribution in [3.8, 4) is 0 Å². The molecule has 2 aromatic heterocycles. The maximum absolute atomic E-state index is 12.0. The van der Waals surface area contributed by atoms with Gasteiger partial charge >= 0.3 is 0 Å². The summed E-state index contributed by atoms with van der Waals surface area (Å²) in [5.74, 6) is 0.446. The van der Waals surface area contributed by atoms with Crippen molar-refractivity contribution >= 4 is 11.6 Å². The van der Waals surface area contributed by atoms with Gasteiger partial charge in [-0.1, -0.05) is 12.1 Å². The van der Waals surface area contributed by atoms with Crippen LogP contribution in [-0.4, -0.2) is 15.6 Å². The summed E-state index contributed by atoms with van der Waals surface area (Å²) < 4.78 is 6.76. The number of amides is 1. The average molecular weight is 248 g/mol. The van der Waals surface area contributed by atoms with Crippen LogP contribution in [-0.2, 0) is 13.1 Å². The van der Waals surface area contributed by atoms with E-state index in [1.165, 1.54) is 0 Å². The molecule has 6 heteroatoms. The fourth-order valence-corrected chi connectivity index (χ4v) is 1.74. The fraction of sp³-hybridized carbons (Fsp3) is 0.333. The van der Waals surface area contributed by atoms with Crippen molar-refractivity contribution in [3.63, 3.8) is 0 Å². The largest absolute Gasteiger partial charge is 0.397 e. The normalized spacial score (nSPS) is 10.5. The minimum absolute atomic E-state index is 0.170. The van der Waals surface area contributed by atoms with Crippen molar-refractivity contribution < 1.29 is 9.32 Å². The Kier molecular flexibility index (Phi) is 3.66. The number of nitrogens with one attached hydrogen (secondary N) is 1. The molecule has 96 valence electrons. The molecule has 0 unspecified atom stereocenters. The smallest absolute Gasteiger partial charge is 0.268 e. The summed E-state index contributed by atoms with van der Waals surface area (Å²) in [6.45, 7) is 3.13. The van der Waals surface area contributed by atoms with Crippen molar-refractivity contribution in [1.82, 2.24) is 15.0 Å². The summed E-state index contributed by atoms with van der Waals surface area (Å²) in [4.78, 5) is 12.0. The van der Waals surface area contributed by atoms with Crippen LogP contribution in [0, 0.1) is 0 Å². The van der Waals surface area contributed by atoms with Gasteiger partial charge in [0, 0.05) is 18.8 Å². The predicted octanol–water partition coefficient (Wildman–Crippen LogP) is 1.40. The molecule has 0 saturated carbocycles. The number of nitrogens with zero attached hydrogens (tertiary/aromatic N) is 2. The maximum atomic E-state index is 12.0. The number of rotatable bonds is 5. The van der Waals surface area contributed by atoms with Crippen LogP contribution in [0.25, 0.3) is 0 Å². The van der Waals surface area contributed by atoms with E-state index in [-0.39, 0.29) is 5.91 Å². The van der Waals surface area contributed by atoms with Crippen LogP contribution in [0.4, 0.5) is 5.69 Å². The molecule has 3 N–H and O–H groups in total. The maximum Gasteiger partial charge on any atom is 0.268 e. The summed E-state index contributed by atoms with van der Waals surface area (Å²) in [6, 6.07) is 3.38. The molecule has 2 rings (SSSR count). The number of aromatic nitrogens is 2. The zero-order valence-corrected chi connectivity index (χ0v) is 10.2. The van der Waals surface area contributed by atoms with Crippen molar-refractivity contribution in [1.29, 1.82) is 0 Å². The third kappa shape index (κ3) is 2.71. The molecule has 0 aliphatic rings. The molecule has 0 aromatic carbocycles. The summed E-state index contributed by atoms with van der Waals surface area (Å²) in [7, 11) is 0. The lowest BCUT2D eigenvalue weighted by molar-refractivity contribution is 0.0937. The first-order chi connectivity index (χ1) is 8.70. The van der Waals surface area contributed by atoms with Gasteiger partial charge in [-0.25, -0.2) is 0 Å². The van der Waals surface area contributed by atoms with Gasteiger partial charge in [0.2, 0.25) is 0 Å². The molecule has 0 spiro atoms. The molecule has 0 saturated heterocycles. The number of nitrogen functional groups attached to an aromatic ring is 1. The van der Waals surface area contributed by atoms with E-state index in [2.05, 4.69) is 10.5 Å². The first-order valence-electron chi connectivity index (χ1n) is 5.84. The molecular formula is C12H16N4O2. The van der Waals surface area contributed by atoms with E-state index in [1.54, 1.807) is 24.5 Å². The molecule has 0 aliphatic heterocycles. The third-order valence-corrected chi connectivity index (χ3v) is 2.53. The monoisotopic (exact) mass is 248 g/mol. The van der Waals surface area contributed by atoms with Crippen LogP contribution in [0.1, 0.15) is 29.6 Å². The Bertz CT molecular complexity index is 516. The highest BCUT2D eigenvalue weighted by Gasteiger charge is 2.12. The minimum Gasteiger partial charge on any atom is -0.397 e. The number of hydrogen-bond donors (Lipinski definition) is 2. The Morgan fingerprint density at radius 2 is 2.44 bits per heavy atom. The van der Waals surface area contributed by atoms with Gasteiger partial charge in [0.1, 0.15) is 5.69 Å². The van der Waals surface area contributed by atoms with E-state index in [4.69, 9.17) is 10.3 Å². The summed E-state index contributed by atoms with van der Waals surface area (Å²) in [5, 5.41) is 6.34. The van der Waals surface area contributed by atoms with Crippen molar-refractivity contribution in [3.05, 3.63) is 36.0 Å². The van der Waals surface area contributed by atoms with Crippen LogP contribution in [0.15, 0.2) is 29.0 Å². The third-order valence-electron chi connectivity index (χ3n) is 2.53. The number of carbonyl (C=O) groups excluding carboxylic acids is 1. The van der Waals surface area contributed by atoms with Crippen LogP contribution in [0.2, 0.25) is 0 Å². The average Bonchev–Trinajstić information content (AvgIpc) is 2.96. The van der Waals surface area contributed by atoms with Crippen molar-refractivity contribution in [2.45, 2.75) is 26.4 Å². The van der Waals surface area contributed by atoms with Gasteiger partial charge in [0.25, 0.3) is 5.91 Å². The number of aryl methyl sites for hydroxylation is 1. The lowest BCUT2D eigenvalue weighted by atomic mass is 10.3. The lowest BCUT2D eigenvalue weighted by Crippen LogP contribution is -2.25. The zero-order chi connectivity index (χ0) is 13.0. The highest BCUT2D eigenvalue weighted by Crippen LogP contribution is 2.11. The molecular weight excluding hydrogens is 232 g/mol.